The van der Waals surface area contributed by atoms with E-state index in [4.69, 9.17) is 4.74 Å². The van der Waals surface area contributed by atoms with E-state index in [0.717, 1.165) is 11.1 Å². The van der Waals surface area contributed by atoms with Crippen LogP contribution in [0.2, 0.25) is 0 Å². The molecule has 0 aliphatic rings. The Morgan fingerprint density at radius 2 is 1.84 bits per heavy atom. The topological polar surface area (TPSA) is 58.6 Å². The van der Waals surface area contributed by atoms with Crippen LogP contribution < -0.4 is 10.1 Å². The molecule has 2 aromatic rings. The van der Waals surface area contributed by atoms with Crippen molar-refractivity contribution in [2.45, 2.75) is 45.5 Å². The number of methoxy groups -OCH3 is 1. The highest BCUT2D eigenvalue weighted by Crippen LogP contribution is 2.20. The molecule has 0 aromatic heterocycles. The lowest BCUT2D eigenvalue weighted by Crippen LogP contribution is -2.50. The number of carbonyl (C=O) groups excluding carboxylic acids is 2. The van der Waals surface area contributed by atoms with Crippen molar-refractivity contribution in [3.8, 4) is 5.75 Å². The van der Waals surface area contributed by atoms with Gasteiger partial charge in [-0.1, -0.05) is 45.0 Å². The summed E-state index contributed by atoms with van der Waals surface area (Å²) in [5, 5.41) is 2.96. The second kappa shape index (κ2) is 13.1. The van der Waals surface area contributed by atoms with Crippen LogP contribution in [-0.4, -0.2) is 42.2 Å². The monoisotopic (exact) mass is 460 g/mol. The average molecular weight is 461 g/mol. The van der Waals surface area contributed by atoms with Gasteiger partial charge < -0.3 is 15.0 Å². The summed E-state index contributed by atoms with van der Waals surface area (Å²) >= 11 is 1.45. The van der Waals surface area contributed by atoms with Gasteiger partial charge in [0.2, 0.25) is 11.8 Å². The zero-order valence-corrected chi connectivity index (χ0v) is 20.1. The fourth-order valence-electron chi connectivity index (χ4n) is 3.23. The summed E-state index contributed by atoms with van der Waals surface area (Å²) in [5.41, 5.74) is 1.85. The van der Waals surface area contributed by atoms with Gasteiger partial charge >= 0.3 is 0 Å². The molecule has 0 spiro atoms. The molecular weight excluding hydrogens is 427 g/mol. The number of rotatable bonds is 12. The van der Waals surface area contributed by atoms with Crippen molar-refractivity contribution in [1.82, 2.24) is 10.2 Å². The highest BCUT2D eigenvalue weighted by atomic mass is 32.2. The Kier molecular flexibility index (Phi) is 10.5. The molecule has 32 heavy (non-hydrogen) atoms. The molecule has 0 aliphatic carbocycles. The van der Waals surface area contributed by atoms with Gasteiger partial charge in [-0.2, -0.15) is 0 Å². The van der Waals surface area contributed by atoms with E-state index in [9.17, 15) is 14.0 Å². The van der Waals surface area contributed by atoms with E-state index in [0.29, 0.717) is 36.9 Å². The number of halogens is 1. The maximum absolute atomic E-state index is 13.2. The number of hydrogen-bond donors (Lipinski definition) is 1. The number of amides is 2. The van der Waals surface area contributed by atoms with Crippen LogP contribution in [0.15, 0.2) is 48.5 Å². The predicted molar refractivity (Wildman–Crippen MR) is 128 cm³/mol. The summed E-state index contributed by atoms with van der Waals surface area (Å²) in [6, 6.07) is 13.2. The number of carbonyl (C=O) groups is 2. The number of benzene rings is 2. The highest BCUT2D eigenvalue weighted by Gasteiger charge is 2.28. The quantitative estimate of drug-likeness (QED) is 0.501. The Bertz CT molecular complexity index is 874. The van der Waals surface area contributed by atoms with Crippen LogP contribution in [0.5, 0.6) is 5.75 Å². The number of nitrogens with one attached hydrogen (secondary N) is 1. The summed E-state index contributed by atoms with van der Waals surface area (Å²) in [6.45, 7) is 6.87. The Balaban J connectivity index is 2.13. The summed E-state index contributed by atoms with van der Waals surface area (Å²) < 4.78 is 18.4. The molecule has 2 aromatic carbocycles. The SMILES string of the molecule is CC[C@@H](C(=O)NCC(C)C)N(Cc1cccc(OC)c1)C(=O)CSCc1ccc(F)cc1. The minimum Gasteiger partial charge on any atom is -0.497 e. The van der Waals surface area contributed by atoms with Crippen LogP contribution in [0.4, 0.5) is 4.39 Å². The molecule has 2 amide bonds. The standard InChI is InChI=1S/C25H33FN2O3S/c1-5-23(25(30)27-14-18(2)3)28(15-20-7-6-8-22(13-20)31-4)24(29)17-32-16-19-9-11-21(26)12-10-19/h6-13,18,23H,5,14-17H2,1-4H3,(H,27,30)/t23-/m0/s1. The first-order chi connectivity index (χ1) is 15.3. The fourth-order valence-corrected chi connectivity index (χ4v) is 4.10. The van der Waals surface area contributed by atoms with E-state index in [-0.39, 0.29) is 23.4 Å². The first-order valence-electron chi connectivity index (χ1n) is 10.9. The van der Waals surface area contributed by atoms with Crippen LogP contribution in [0.1, 0.15) is 38.3 Å². The van der Waals surface area contributed by atoms with Crippen LogP contribution in [-0.2, 0) is 21.9 Å². The number of hydrogen-bond acceptors (Lipinski definition) is 4. The molecule has 174 valence electrons. The Hall–Kier alpha value is -2.54. The number of nitrogens with zero attached hydrogens (tertiary/aromatic N) is 1. The summed E-state index contributed by atoms with van der Waals surface area (Å²) in [7, 11) is 1.60. The molecule has 1 atom stereocenters. The maximum atomic E-state index is 13.2. The number of thioether (sulfide) groups is 1. The second-order valence-corrected chi connectivity index (χ2v) is 9.04. The van der Waals surface area contributed by atoms with Crippen LogP contribution in [0.25, 0.3) is 0 Å². The van der Waals surface area contributed by atoms with Gasteiger partial charge in [0.15, 0.2) is 0 Å². The van der Waals surface area contributed by atoms with Gasteiger partial charge in [0.25, 0.3) is 0 Å². The van der Waals surface area contributed by atoms with Gasteiger partial charge in [0.1, 0.15) is 17.6 Å². The van der Waals surface area contributed by atoms with Gasteiger partial charge in [-0.05, 0) is 47.7 Å². The van der Waals surface area contributed by atoms with Crippen molar-refractivity contribution < 1.29 is 18.7 Å². The molecule has 0 fully saturated rings. The molecule has 5 nitrogen and oxygen atoms in total. The largest absolute Gasteiger partial charge is 0.497 e. The molecule has 2 rings (SSSR count). The minimum absolute atomic E-state index is 0.105. The zero-order valence-electron chi connectivity index (χ0n) is 19.3. The van der Waals surface area contributed by atoms with E-state index in [1.54, 1.807) is 24.1 Å². The van der Waals surface area contributed by atoms with Crippen molar-refractivity contribution in [2.75, 3.05) is 19.4 Å². The first kappa shape index (κ1) is 25.7. The zero-order chi connectivity index (χ0) is 23.5. The number of ether oxygens (including phenoxy) is 1. The van der Waals surface area contributed by atoms with E-state index in [1.807, 2.05) is 45.0 Å². The molecule has 0 aliphatic heterocycles. The van der Waals surface area contributed by atoms with Crippen molar-refractivity contribution in [2.24, 2.45) is 5.92 Å². The van der Waals surface area contributed by atoms with Crippen LogP contribution in [0.3, 0.4) is 0 Å². The van der Waals surface area contributed by atoms with Gasteiger partial charge in [-0.25, -0.2) is 4.39 Å². The van der Waals surface area contributed by atoms with Crippen LogP contribution >= 0.6 is 11.8 Å². The van der Waals surface area contributed by atoms with Gasteiger partial charge in [0, 0.05) is 18.8 Å². The lowest BCUT2D eigenvalue weighted by molar-refractivity contribution is -0.139. The molecule has 0 unspecified atom stereocenters. The van der Waals surface area contributed by atoms with E-state index in [2.05, 4.69) is 5.32 Å². The normalized spacial score (nSPS) is 11.8. The van der Waals surface area contributed by atoms with Gasteiger partial charge in [-0.3, -0.25) is 9.59 Å². The van der Waals surface area contributed by atoms with Crippen molar-refractivity contribution in [1.29, 1.82) is 0 Å². The molecule has 0 bridgehead atoms. The van der Waals surface area contributed by atoms with Crippen LogP contribution in [0, 0.1) is 11.7 Å². The van der Waals surface area contributed by atoms with Crippen molar-refractivity contribution in [3.05, 3.63) is 65.5 Å². The third-order valence-corrected chi connectivity index (χ3v) is 5.95. The molecule has 1 N–H and O–H groups in total. The molecule has 0 radical (unpaired) electrons. The predicted octanol–water partition coefficient (Wildman–Crippen LogP) is 4.65. The van der Waals surface area contributed by atoms with Crippen molar-refractivity contribution in [3.63, 3.8) is 0 Å². The second-order valence-electron chi connectivity index (χ2n) is 8.06. The summed E-state index contributed by atoms with van der Waals surface area (Å²) in [5.74, 6) is 1.33. The molecule has 7 heteroatoms. The summed E-state index contributed by atoms with van der Waals surface area (Å²) in [4.78, 5) is 27.8. The van der Waals surface area contributed by atoms with Gasteiger partial charge in [0.05, 0.1) is 12.9 Å². The molecule has 0 saturated heterocycles. The lowest BCUT2D eigenvalue weighted by atomic mass is 10.1. The Labute approximate surface area is 194 Å². The Morgan fingerprint density at radius 1 is 1.12 bits per heavy atom. The fraction of sp³-hybridized carbons (Fsp3) is 0.440. The van der Waals surface area contributed by atoms with Gasteiger partial charge in [-0.15, -0.1) is 11.8 Å². The van der Waals surface area contributed by atoms with E-state index in [1.165, 1.54) is 23.9 Å². The molecule has 0 saturated carbocycles. The third-order valence-electron chi connectivity index (χ3n) is 4.97. The lowest BCUT2D eigenvalue weighted by Gasteiger charge is -2.31. The van der Waals surface area contributed by atoms with E-state index < -0.39 is 6.04 Å². The maximum Gasteiger partial charge on any atom is 0.242 e. The Morgan fingerprint density at radius 3 is 2.47 bits per heavy atom. The molecular formula is C25H33FN2O3S. The average Bonchev–Trinajstić information content (AvgIpc) is 2.78. The van der Waals surface area contributed by atoms with Crippen molar-refractivity contribution >= 4 is 23.6 Å². The minimum atomic E-state index is -0.557. The highest BCUT2D eigenvalue weighted by molar-refractivity contribution is 7.99. The first-order valence-corrected chi connectivity index (χ1v) is 12.0. The smallest absolute Gasteiger partial charge is 0.242 e. The van der Waals surface area contributed by atoms with E-state index >= 15 is 0 Å². The third kappa shape index (κ3) is 8.19. The summed E-state index contributed by atoms with van der Waals surface area (Å²) in [6.07, 6.45) is 0.516. The molecule has 0 heterocycles.